The molecule has 9 nitrogen and oxygen atoms in total. The van der Waals surface area contributed by atoms with Gasteiger partial charge in [0.05, 0.1) is 12.9 Å². The Morgan fingerprint density at radius 2 is 2.17 bits per heavy atom. The van der Waals surface area contributed by atoms with Gasteiger partial charge in [-0.05, 0) is 12.3 Å². The number of primary amides is 1. The van der Waals surface area contributed by atoms with Crippen molar-refractivity contribution < 1.29 is 30.0 Å². The molecule has 1 aromatic heterocycles. The van der Waals surface area contributed by atoms with Gasteiger partial charge in [-0.25, -0.2) is 4.98 Å². The van der Waals surface area contributed by atoms with Crippen LogP contribution in [0, 0.1) is 17.8 Å². The molecular formula is C15H21N3O6. The first kappa shape index (κ1) is 18.4. The van der Waals surface area contributed by atoms with Crippen LogP contribution < -0.4 is 5.73 Å². The molecule has 2 rings (SSSR count). The summed E-state index contributed by atoms with van der Waals surface area (Å²) in [6.07, 6.45) is -2.93. The number of carbonyl (C=O) groups is 1. The topological polar surface area (TPSA) is 151 Å². The van der Waals surface area contributed by atoms with Crippen LogP contribution in [0.5, 0.6) is 0 Å². The zero-order valence-corrected chi connectivity index (χ0v) is 13.2. The number of aliphatic hydroxyl groups excluding tert-OH is 4. The smallest absolute Gasteiger partial charge is 0.270 e. The molecule has 5 atom stereocenters. The van der Waals surface area contributed by atoms with E-state index in [0.29, 0.717) is 6.42 Å². The normalized spacial score (nSPS) is 27.5. The van der Waals surface area contributed by atoms with Gasteiger partial charge in [0.15, 0.2) is 11.9 Å². The van der Waals surface area contributed by atoms with Crippen LogP contribution in [0.2, 0.25) is 0 Å². The molecule has 1 unspecified atom stereocenters. The van der Waals surface area contributed by atoms with Crippen LogP contribution in [0.1, 0.15) is 35.8 Å². The second-order valence-electron chi connectivity index (χ2n) is 5.62. The second-order valence-corrected chi connectivity index (χ2v) is 5.62. The largest absolute Gasteiger partial charge is 0.396 e. The van der Waals surface area contributed by atoms with Crippen LogP contribution in [0.25, 0.3) is 0 Å². The fourth-order valence-electron chi connectivity index (χ4n) is 2.43. The number of nitrogens with zero attached hydrogens (tertiary/aromatic N) is 2. The van der Waals surface area contributed by atoms with Gasteiger partial charge in [-0.15, -0.1) is 0 Å². The Morgan fingerprint density at radius 1 is 1.46 bits per heavy atom. The van der Waals surface area contributed by atoms with E-state index in [2.05, 4.69) is 16.8 Å². The van der Waals surface area contributed by atoms with E-state index in [4.69, 9.17) is 15.6 Å². The molecule has 0 bridgehead atoms. The van der Waals surface area contributed by atoms with Gasteiger partial charge in [0.2, 0.25) is 0 Å². The lowest BCUT2D eigenvalue weighted by atomic mass is 10.1. The fraction of sp³-hybridized carbons (Fsp3) is 0.600. The van der Waals surface area contributed by atoms with E-state index in [1.54, 1.807) is 6.92 Å². The Balaban J connectivity index is 2.39. The molecular weight excluding hydrogens is 318 g/mol. The molecule has 0 aliphatic carbocycles. The van der Waals surface area contributed by atoms with Crippen LogP contribution in [0.3, 0.4) is 0 Å². The Hall–Kier alpha value is -1.96. The first-order chi connectivity index (χ1) is 11.4. The minimum atomic E-state index is -1.33. The number of hydrogen-bond acceptors (Lipinski definition) is 7. The highest BCUT2D eigenvalue weighted by atomic mass is 16.6. The van der Waals surface area contributed by atoms with Crippen molar-refractivity contribution in [3.05, 3.63) is 17.7 Å². The predicted molar refractivity (Wildman–Crippen MR) is 81.5 cm³/mol. The zero-order chi connectivity index (χ0) is 17.9. The molecule has 1 fully saturated rings. The number of aliphatic hydroxyl groups is 4. The molecule has 132 valence electrons. The maximum atomic E-state index is 11.5. The van der Waals surface area contributed by atoms with Crippen molar-refractivity contribution in [3.8, 4) is 11.8 Å². The standard InChI is InChI=1S/C15H21N3O6/c1-8(4-5-19)2-3-9-11(14(16)23)17-7-18(9)15-13(22)12(21)10(6-20)24-15/h7-8,10,12-13,15,19-22H,4-6H2,1H3,(H2,16,23)/t8?,10-,12-,13-,15-/m1/s1. The zero-order valence-electron chi connectivity index (χ0n) is 13.2. The van der Waals surface area contributed by atoms with Gasteiger partial charge >= 0.3 is 0 Å². The van der Waals surface area contributed by atoms with Crippen molar-refractivity contribution in [1.29, 1.82) is 0 Å². The van der Waals surface area contributed by atoms with Gasteiger partial charge in [-0.1, -0.05) is 12.8 Å². The van der Waals surface area contributed by atoms with Crippen LogP contribution in [-0.2, 0) is 4.74 Å². The molecule has 0 radical (unpaired) electrons. The second kappa shape index (κ2) is 7.74. The molecule has 0 spiro atoms. The molecule has 6 N–H and O–H groups in total. The Bertz CT molecular complexity index is 649. The molecule has 0 aromatic carbocycles. The predicted octanol–water partition coefficient (Wildman–Crippen LogP) is -2.04. The molecule has 1 amide bonds. The summed E-state index contributed by atoms with van der Waals surface area (Å²) in [5.74, 6) is 4.72. The summed E-state index contributed by atoms with van der Waals surface area (Å²) in [7, 11) is 0. The lowest BCUT2D eigenvalue weighted by molar-refractivity contribution is -0.0531. The Kier molecular flexibility index (Phi) is 5.93. The highest BCUT2D eigenvalue weighted by Crippen LogP contribution is 2.30. The molecule has 1 aliphatic heterocycles. The molecule has 1 saturated heterocycles. The first-order valence-electron chi connectivity index (χ1n) is 7.52. The molecule has 2 heterocycles. The highest BCUT2D eigenvalue weighted by Gasteiger charge is 2.44. The summed E-state index contributed by atoms with van der Waals surface area (Å²) in [4.78, 5) is 15.4. The maximum absolute atomic E-state index is 11.5. The maximum Gasteiger partial charge on any atom is 0.270 e. The van der Waals surface area contributed by atoms with Gasteiger partial charge in [-0.3, -0.25) is 9.36 Å². The molecule has 9 heteroatoms. The number of hydrogen-bond donors (Lipinski definition) is 5. The third-order valence-corrected chi connectivity index (χ3v) is 3.82. The van der Waals surface area contributed by atoms with Crippen LogP contribution >= 0.6 is 0 Å². The Morgan fingerprint density at radius 3 is 2.71 bits per heavy atom. The molecule has 1 aliphatic rings. The van der Waals surface area contributed by atoms with Crippen molar-refractivity contribution in [3.63, 3.8) is 0 Å². The van der Waals surface area contributed by atoms with Crippen LogP contribution in [0.4, 0.5) is 0 Å². The van der Waals surface area contributed by atoms with Crippen LogP contribution in [0.15, 0.2) is 6.33 Å². The lowest BCUT2D eigenvalue weighted by Crippen LogP contribution is -2.33. The highest BCUT2D eigenvalue weighted by molar-refractivity contribution is 5.93. The molecule has 24 heavy (non-hydrogen) atoms. The number of nitrogens with two attached hydrogens (primary N) is 1. The van der Waals surface area contributed by atoms with E-state index >= 15 is 0 Å². The van der Waals surface area contributed by atoms with E-state index in [9.17, 15) is 20.1 Å². The van der Waals surface area contributed by atoms with Gasteiger partial charge in [-0.2, -0.15) is 0 Å². The number of ether oxygens (including phenoxy) is 1. The number of amides is 1. The van der Waals surface area contributed by atoms with Gasteiger partial charge < -0.3 is 30.9 Å². The average molecular weight is 339 g/mol. The third-order valence-electron chi connectivity index (χ3n) is 3.82. The minimum absolute atomic E-state index is 0.0212. The third kappa shape index (κ3) is 3.58. The van der Waals surface area contributed by atoms with Gasteiger partial charge in [0, 0.05) is 12.5 Å². The quantitative estimate of drug-likeness (QED) is 0.388. The average Bonchev–Trinajstić information content (AvgIpc) is 3.08. The number of imidazole rings is 1. The van der Waals surface area contributed by atoms with E-state index in [1.807, 2.05) is 0 Å². The van der Waals surface area contributed by atoms with E-state index in [0.717, 1.165) is 0 Å². The van der Waals surface area contributed by atoms with Crippen molar-refractivity contribution in [1.82, 2.24) is 9.55 Å². The Labute approximate surface area is 138 Å². The van der Waals surface area contributed by atoms with Crippen molar-refractivity contribution >= 4 is 5.91 Å². The number of carbonyl (C=O) groups excluding carboxylic acids is 1. The lowest BCUT2D eigenvalue weighted by Gasteiger charge is -2.17. The van der Waals surface area contributed by atoms with E-state index in [1.165, 1.54) is 10.9 Å². The summed E-state index contributed by atoms with van der Waals surface area (Å²) >= 11 is 0. The number of rotatable bonds is 5. The van der Waals surface area contributed by atoms with E-state index in [-0.39, 0.29) is 23.9 Å². The first-order valence-corrected chi connectivity index (χ1v) is 7.52. The SMILES string of the molecule is CC(C#Cc1c(C(N)=O)ncn1[C@@H]1O[C@H](CO)[C@@H](O)[C@H]1O)CCO. The summed E-state index contributed by atoms with van der Waals surface area (Å²) in [6.45, 7) is 1.31. The summed E-state index contributed by atoms with van der Waals surface area (Å²) in [6, 6.07) is 0. The fourth-order valence-corrected chi connectivity index (χ4v) is 2.43. The minimum Gasteiger partial charge on any atom is -0.396 e. The monoisotopic (exact) mass is 339 g/mol. The van der Waals surface area contributed by atoms with Crippen molar-refractivity contribution in [2.45, 2.75) is 37.9 Å². The van der Waals surface area contributed by atoms with Crippen LogP contribution in [-0.4, -0.2) is 67.4 Å². The van der Waals surface area contributed by atoms with Gasteiger partial charge in [0.1, 0.15) is 24.0 Å². The van der Waals surface area contributed by atoms with Crippen molar-refractivity contribution in [2.75, 3.05) is 13.2 Å². The molecule has 0 saturated carbocycles. The summed E-state index contributed by atoms with van der Waals surface area (Å²) in [5, 5.41) is 38.1. The van der Waals surface area contributed by atoms with E-state index < -0.39 is 37.1 Å². The number of aromatic nitrogens is 2. The summed E-state index contributed by atoms with van der Waals surface area (Å²) in [5.41, 5.74) is 5.35. The van der Waals surface area contributed by atoms with Gasteiger partial charge in [0.25, 0.3) is 5.91 Å². The molecule has 1 aromatic rings. The van der Waals surface area contributed by atoms with Crippen molar-refractivity contribution in [2.24, 2.45) is 11.7 Å². The summed E-state index contributed by atoms with van der Waals surface area (Å²) < 4.78 is 6.73.